The van der Waals surface area contributed by atoms with Crippen LogP contribution in [0.3, 0.4) is 0 Å². The first-order chi connectivity index (χ1) is 15.6. The topological polar surface area (TPSA) is 72.8 Å². The summed E-state index contributed by atoms with van der Waals surface area (Å²) in [5.74, 6) is 2.10. The lowest BCUT2D eigenvalue weighted by atomic mass is 10.0. The van der Waals surface area contributed by atoms with Gasteiger partial charge in [0.2, 0.25) is 0 Å². The van der Waals surface area contributed by atoms with Crippen molar-refractivity contribution in [3.05, 3.63) is 53.6 Å². The molecule has 0 spiro atoms. The van der Waals surface area contributed by atoms with Crippen LogP contribution >= 0.6 is 0 Å². The Labute approximate surface area is 188 Å². The lowest BCUT2D eigenvalue weighted by Crippen LogP contribution is -2.48. The molecule has 0 aromatic heterocycles. The third-order valence-electron chi connectivity index (χ3n) is 5.64. The lowest BCUT2D eigenvalue weighted by Gasteiger charge is -2.32. The number of amides is 1. The number of oxime groups is 1. The number of hydrogen-bond acceptors (Lipinski definition) is 7. The van der Waals surface area contributed by atoms with Crippen molar-refractivity contribution in [3.63, 3.8) is 0 Å². The van der Waals surface area contributed by atoms with Crippen molar-refractivity contribution in [1.29, 1.82) is 0 Å². The van der Waals surface area contributed by atoms with Gasteiger partial charge >= 0.3 is 0 Å². The smallest absolute Gasteiger partial charge is 0.260 e. The van der Waals surface area contributed by atoms with Gasteiger partial charge in [0, 0.05) is 44.2 Å². The van der Waals surface area contributed by atoms with Crippen molar-refractivity contribution in [3.8, 4) is 17.2 Å². The number of fused-ring (bicyclic) bond motifs is 1. The number of piperazine rings is 1. The Morgan fingerprint density at radius 2 is 1.81 bits per heavy atom. The van der Waals surface area contributed by atoms with Gasteiger partial charge in [0.25, 0.3) is 5.91 Å². The van der Waals surface area contributed by atoms with E-state index in [4.69, 9.17) is 19.0 Å². The molecule has 0 atom stereocenters. The van der Waals surface area contributed by atoms with Gasteiger partial charge in [0.1, 0.15) is 23.9 Å². The summed E-state index contributed by atoms with van der Waals surface area (Å²) >= 11 is 0. The van der Waals surface area contributed by atoms with E-state index in [9.17, 15) is 4.79 Å². The molecular formula is C24H29N3O5. The molecular weight excluding hydrogens is 410 g/mol. The van der Waals surface area contributed by atoms with E-state index in [0.717, 1.165) is 48.8 Å². The van der Waals surface area contributed by atoms with Gasteiger partial charge in [0.05, 0.1) is 19.4 Å². The molecule has 2 aliphatic rings. The van der Waals surface area contributed by atoms with Crippen LogP contribution in [0.15, 0.2) is 47.6 Å². The van der Waals surface area contributed by atoms with Crippen LogP contribution in [0.2, 0.25) is 0 Å². The zero-order valence-electron chi connectivity index (χ0n) is 18.6. The molecule has 2 aromatic carbocycles. The second-order valence-electron chi connectivity index (χ2n) is 7.89. The number of rotatable bonds is 7. The van der Waals surface area contributed by atoms with E-state index in [1.807, 2.05) is 47.4 Å². The largest absolute Gasteiger partial charge is 0.497 e. The zero-order chi connectivity index (χ0) is 22.3. The summed E-state index contributed by atoms with van der Waals surface area (Å²) in [5, 5.41) is 4.33. The first kappa shape index (κ1) is 22.0. The summed E-state index contributed by atoms with van der Waals surface area (Å²) in [4.78, 5) is 22.0. The maximum absolute atomic E-state index is 12.4. The highest BCUT2D eigenvalue weighted by molar-refractivity contribution is 6.03. The van der Waals surface area contributed by atoms with Gasteiger partial charge in [-0.15, -0.1) is 0 Å². The van der Waals surface area contributed by atoms with E-state index >= 15 is 0 Å². The third-order valence-corrected chi connectivity index (χ3v) is 5.64. The number of likely N-dealkylation sites (N-methyl/N-ethyl adjacent to an activating group) is 1. The van der Waals surface area contributed by atoms with E-state index in [1.54, 1.807) is 7.11 Å². The molecule has 1 amide bonds. The fourth-order valence-electron chi connectivity index (χ4n) is 3.64. The van der Waals surface area contributed by atoms with Crippen molar-refractivity contribution >= 4 is 11.6 Å². The molecule has 8 nitrogen and oxygen atoms in total. The van der Waals surface area contributed by atoms with Crippen LogP contribution in [-0.2, 0) is 16.2 Å². The molecule has 2 heterocycles. The van der Waals surface area contributed by atoms with Gasteiger partial charge in [-0.25, -0.2) is 0 Å². The standard InChI is InChI=1S/C24H29N3O5/c1-26-10-12-27(13-11-26)24(28)17-31-20-7-8-21-22(9-14-30-23(21)15-20)25-32-16-18-3-5-19(29-2)6-4-18/h3-8,15H,9-14,16-17H2,1-2H3. The van der Waals surface area contributed by atoms with Crippen molar-refractivity contribution in [1.82, 2.24) is 9.80 Å². The van der Waals surface area contributed by atoms with Gasteiger partial charge in [-0.1, -0.05) is 17.3 Å². The van der Waals surface area contributed by atoms with Gasteiger partial charge in [0.15, 0.2) is 6.61 Å². The van der Waals surface area contributed by atoms with Crippen molar-refractivity contribution in [2.45, 2.75) is 13.0 Å². The van der Waals surface area contributed by atoms with Crippen LogP contribution in [0.25, 0.3) is 0 Å². The first-order valence-corrected chi connectivity index (χ1v) is 10.8. The average Bonchev–Trinajstić information content (AvgIpc) is 2.83. The highest BCUT2D eigenvalue weighted by Crippen LogP contribution is 2.30. The lowest BCUT2D eigenvalue weighted by molar-refractivity contribution is -0.134. The van der Waals surface area contributed by atoms with Gasteiger partial charge in [-0.05, 0) is 36.9 Å². The number of ether oxygens (including phenoxy) is 3. The van der Waals surface area contributed by atoms with Gasteiger partial charge in [-0.3, -0.25) is 4.79 Å². The summed E-state index contributed by atoms with van der Waals surface area (Å²) in [6.45, 7) is 4.17. The molecule has 0 saturated carbocycles. The maximum atomic E-state index is 12.4. The fourth-order valence-corrected chi connectivity index (χ4v) is 3.64. The summed E-state index contributed by atoms with van der Waals surface area (Å²) in [7, 11) is 3.70. The molecule has 0 bridgehead atoms. The molecule has 2 aliphatic heterocycles. The summed E-state index contributed by atoms with van der Waals surface area (Å²) in [6, 6.07) is 13.2. The van der Waals surface area contributed by atoms with Crippen molar-refractivity contribution < 1.29 is 23.8 Å². The maximum Gasteiger partial charge on any atom is 0.260 e. The Balaban J connectivity index is 1.33. The number of hydrogen-bond donors (Lipinski definition) is 0. The average molecular weight is 440 g/mol. The van der Waals surface area contributed by atoms with Crippen LogP contribution in [0.5, 0.6) is 17.2 Å². The van der Waals surface area contributed by atoms with E-state index in [2.05, 4.69) is 17.1 Å². The summed E-state index contributed by atoms with van der Waals surface area (Å²) in [5.41, 5.74) is 2.72. The predicted octanol–water partition coefficient (Wildman–Crippen LogP) is 2.55. The predicted molar refractivity (Wildman–Crippen MR) is 120 cm³/mol. The monoisotopic (exact) mass is 439 g/mol. The summed E-state index contributed by atoms with van der Waals surface area (Å²) in [6.07, 6.45) is 0.664. The molecule has 32 heavy (non-hydrogen) atoms. The quantitative estimate of drug-likeness (QED) is 0.618. The second kappa shape index (κ2) is 10.4. The third kappa shape index (κ3) is 5.50. The summed E-state index contributed by atoms with van der Waals surface area (Å²) < 4.78 is 16.7. The minimum absolute atomic E-state index is 0.00548. The van der Waals surface area contributed by atoms with Gasteiger partial charge in [-0.2, -0.15) is 0 Å². The number of carbonyl (C=O) groups is 1. The number of carbonyl (C=O) groups excluding carboxylic acids is 1. The molecule has 1 fully saturated rings. The molecule has 0 aliphatic carbocycles. The highest BCUT2D eigenvalue weighted by Gasteiger charge is 2.21. The fraction of sp³-hybridized carbons (Fsp3) is 0.417. The Morgan fingerprint density at radius 3 is 2.56 bits per heavy atom. The Bertz CT molecular complexity index is 953. The molecule has 1 saturated heterocycles. The molecule has 2 aromatic rings. The molecule has 0 N–H and O–H groups in total. The molecule has 0 radical (unpaired) electrons. The first-order valence-electron chi connectivity index (χ1n) is 10.8. The van der Waals surface area contributed by atoms with E-state index in [-0.39, 0.29) is 12.5 Å². The Kier molecular flexibility index (Phi) is 7.11. The molecule has 170 valence electrons. The molecule has 8 heteroatoms. The molecule has 0 unspecified atom stereocenters. The highest BCUT2D eigenvalue weighted by atomic mass is 16.6. The van der Waals surface area contributed by atoms with Crippen LogP contribution in [-0.4, -0.2) is 75.0 Å². The van der Waals surface area contributed by atoms with E-state index < -0.39 is 0 Å². The Morgan fingerprint density at radius 1 is 1.06 bits per heavy atom. The van der Waals surface area contributed by atoms with Crippen LogP contribution in [0.4, 0.5) is 0 Å². The molecule has 4 rings (SSSR count). The van der Waals surface area contributed by atoms with Crippen LogP contribution in [0.1, 0.15) is 17.5 Å². The van der Waals surface area contributed by atoms with Gasteiger partial charge < -0.3 is 28.8 Å². The zero-order valence-corrected chi connectivity index (χ0v) is 18.6. The minimum atomic E-state index is 0.00548. The Hall–Kier alpha value is -3.26. The minimum Gasteiger partial charge on any atom is -0.497 e. The van der Waals surface area contributed by atoms with Crippen LogP contribution < -0.4 is 14.2 Å². The van der Waals surface area contributed by atoms with Crippen molar-refractivity contribution in [2.75, 3.05) is 53.6 Å². The SMILES string of the molecule is COc1ccc(CON=C2CCOc3cc(OCC(=O)N4CCN(C)CC4)ccc32)cc1. The normalized spacial score (nSPS) is 17.4. The number of benzene rings is 2. The van der Waals surface area contributed by atoms with Crippen LogP contribution in [0, 0.1) is 0 Å². The number of nitrogens with zero attached hydrogens (tertiary/aromatic N) is 3. The van der Waals surface area contributed by atoms with E-state index in [1.165, 1.54) is 0 Å². The number of methoxy groups -OCH3 is 1. The van der Waals surface area contributed by atoms with E-state index in [0.29, 0.717) is 31.1 Å². The second-order valence-corrected chi connectivity index (χ2v) is 7.89. The van der Waals surface area contributed by atoms with Crippen molar-refractivity contribution in [2.24, 2.45) is 5.16 Å².